The zero-order valence-electron chi connectivity index (χ0n) is 14.9. The van der Waals surface area contributed by atoms with Crippen molar-refractivity contribution in [2.75, 3.05) is 7.05 Å². The highest BCUT2D eigenvalue weighted by molar-refractivity contribution is 5.88. The Balaban J connectivity index is 1.84. The number of hydrogen-bond acceptors (Lipinski definition) is 4. The van der Waals surface area contributed by atoms with Crippen LogP contribution in [0.3, 0.4) is 0 Å². The number of imidazole rings is 1. The number of aryl methyl sites for hydroxylation is 1. The van der Waals surface area contributed by atoms with Crippen molar-refractivity contribution >= 4 is 22.9 Å². The number of benzene rings is 1. The number of aromatic nitrogens is 2. The normalized spacial score (nSPS) is 11.8. The summed E-state index contributed by atoms with van der Waals surface area (Å²) in [5, 5.41) is 9.04. The molecule has 0 bridgehead atoms. The first-order valence-corrected chi connectivity index (χ1v) is 8.17. The molecule has 3 aromatic rings. The Morgan fingerprint density at radius 1 is 1.29 bits per heavy atom. The molecule has 0 aliphatic carbocycles. The molecule has 2 heterocycles. The summed E-state index contributed by atoms with van der Waals surface area (Å²) in [4.78, 5) is 28.3. The minimum absolute atomic E-state index is 0.0317. The molecule has 0 spiro atoms. The van der Waals surface area contributed by atoms with Gasteiger partial charge in [-0.3, -0.25) is 4.79 Å². The van der Waals surface area contributed by atoms with Crippen molar-refractivity contribution in [1.82, 2.24) is 14.5 Å². The van der Waals surface area contributed by atoms with Crippen LogP contribution in [0.2, 0.25) is 0 Å². The molecule has 0 aliphatic rings. The van der Waals surface area contributed by atoms with E-state index < -0.39 is 30.4 Å². The third kappa shape index (κ3) is 3.71. The maximum Gasteiger partial charge on any atom is 0.449 e. The van der Waals surface area contributed by atoms with Crippen LogP contribution in [0.25, 0.3) is 11.0 Å². The number of likely N-dealkylation sites (N-methyl/N-ethyl adjacent to an activating group) is 1. The van der Waals surface area contributed by atoms with Crippen LogP contribution in [0.15, 0.2) is 34.7 Å². The van der Waals surface area contributed by atoms with Gasteiger partial charge in [0.05, 0.1) is 17.6 Å². The number of carbonyl (C=O) groups is 2. The number of carboxylic acids is 1. The van der Waals surface area contributed by atoms with Gasteiger partial charge in [0.25, 0.3) is 0 Å². The molecular weight excluding hydrogens is 379 g/mol. The lowest BCUT2D eigenvalue weighted by Gasteiger charge is -2.18. The molecule has 2 aromatic heterocycles. The molecule has 1 aromatic carbocycles. The molecule has 0 radical (unpaired) electrons. The van der Waals surface area contributed by atoms with E-state index in [0.29, 0.717) is 0 Å². The highest BCUT2D eigenvalue weighted by Gasteiger charge is 2.38. The van der Waals surface area contributed by atoms with Gasteiger partial charge in [-0.15, -0.1) is 0 Å². The summed E-state index contributed by atoms with van der Waals surface area (Å²) in [6, 6.07) is 7.31. The lowest BCUT2D eigenvalue weighted by molar-refractivity contribution is -0.148. The number of carbonyl (C=O) groups excluding carboxylic acids is 1. The molecule has 0 unspecified atom stereocenters. The Hall–Kier alpha value is -3.30. The van der Waals surface area contributed by atoms with E-state index in [2.05, 4.69) is 4.98 Å². The Kier molecular flexibility index (Phi) is 4.88. The van der Waals surface area contributed by atoms with E-state index in [1.165, 1.54) is 37.1 Å². The average Bonchev–Trinajstić information content (AvgIpc) is 3.15. The van der Waals surface area contributed by atoms with E-state index in [-0.39, 0.29) is 34.7 Å². The van der Waals surface area contributed by atoms with Crippen LogP contribution in [-0.2, 0) is 24.1 Å². The largest absolute Gasteiger partial charge is 0.478 e. The number of alkyl halides is 3. The van der Waals surface area contributed by atoms with Gasteiger partial charge in [-0.2, -0.15) is 13.2 Å². The maximum absolute atomic E-state index is 13.3. The lowest BCUT2D eigenvalue weighted by atomic mass is 10.2. The molecule has 0 aliphatic heterocycles. The number of fused-ring (bicyclic) bond motifs is 1. The van der Waals surface area contributed by atoms with Crippen LogP contribution in [0.4, 0.5) is 13.2 Å². The number of furan rings is 1. The molecule has 0 saturated heterocycles. The van der Waals surface area contributed by atoms with Gasteiger partial charge < -0.3 is 19.0 Å². The SMILES string of the molecule is Cc1oc(CN(C)C(=O)Cn2c(C(F)(F)F)nc3ccccc32)cc1C(=O)O. The second kappa shape index (κ2) is 7.02. The van der Waals surface area contributed by atoms with Crippen LogP contribution >= 0.6 is 0 Å². The third-order valence-corrected chi connectivity index (χ3v) is 4.22. The Labute approximate surface area is 157 Å². The van der Waals surface area contributed by atoms with Crippen LogP contribution < -0.4 is 0 Å². The Morgan fingerprint density at radius 2 is 1.96 bits per heavy atom. The molecule has 0 fully saturated rings. The van der Waals surface area contributed by atoms with Gasteiger partial charge in [-0.1, -0.05) is 12.1 Å². The lowest BCUT2D eigenvalue weighted by Crippen LogP contribution is -2.31. The fraction of sp³-hybridized carbons (Fsp3) is 0.278. The molecule has 28 heavy (non-hydrogen) atoms. The summed E-state index contributed by atoms with van der Waals surface area (Å²) in [5.41, 5.74) is 0.299. The highest BCUT2D eigenvalue weighted by atomic mass is 19.4. The number of amides is 1. The van der Waals surface area contributed by atoms with E-state index in [4.69, 9.17) is 9.52 Å². The molecule has 7 nitrogen and oxygen atoms in total. The second-order valence-corrected chi connectivity index (χ2v) is 6.25. The number of carboxylic acid groups (broad SMARTS) is 1. The molecular formula is C18H16F3N3O4. The molecule has 148 valence electrons. The van der Waals surface area contributed by atoms with E-state index in [9.17, 15) is 22.8 Å². The van der Waals surface area contributed by atoms with Crippen LogP contribution in [0.5, 0.6) is 0 Å². The molecule has 1 N–H and O–H groups in total. The standard InChI is InChI=1S/C18H16F3N3O4/c1-10-12(16(26)27)7-11(28-10)8-23(2)15(25)9-24-14-6-4-3-5-13(14)22-17(24)18(19,20)21/h3-7H,8-9H2,1-2H3,(H,26,27). The smallest absolute Gasteiger partial charge is 0.449 e. The van der Waals surface area contributed by atoms with Crippen LogP contribution in [0, 0.1) is 6.92 Å². The van der Waals surface area contributed by atoms with E-state index in [0.717, 1.165) is 4.57 Å². The van der Waals surface area contributed by atoms with Gasteiger partial charge >= 0.3 is 12.1 Å². The minimum Gasteiger partial charge on any atom is -0.478 e. The molecule has 3 rings (SSSR count). The molecule has 0 atom stereocenters. The highest BCUT2D eigenvalue weighted by Crippen LogP contribution is 2.31. The van der Waals surface area contributed by atoms with E-state index in [1.807, 2.05) is 0 Å². The number of para-hydroxylation sites is 2. The van der Waals surface area contributed by atoms with Gasteiger partial charge in [0.1, 0.15) is 23.6 Å². The second-order valence-electron chi connectivity index (χ2n) is 6.25. The summed E-state index contributed by atoms with van der Waals surface area (Å²) in [5.74, 6) is -2.53. The van der Waals surface area contributed by atoms with Gasteiger partial charge in [-0.25, -0.2) is 9.78 Å². The molecule has 1 amide bonds. The van der Waals surface area contributed by atoms with Gasteiger partial charge in [-0.05, 0) is 25.1 Å². The molecule has 0 saturated carbocycles. The summed E-state index contributed by atoms with van der Waals surface area (Å²) >= 11 is 0. The van der Waals surface area contributed by atoms with Crippen molar-refractivity contribution in [2.45, 2.75) is 26.2 Å². The van der Waals surface area contributed by atoms with E-state index in [1.54, 1.807) is 12.1 Å². The van der Waals surface area contributed by atoms with Crippen LogP contribution in [0.1, 0.15) is 27.7 Å². The third-order valence-electron chi connectivity index (χ3n) is 4.22. The van der Waals surface area contributed by atoms with Crippen molar-refractivity contribution in [3.8, 4) is 0 Å². The minimum atomic E-state index is -4.72. The van der Waals surface area contributed by atoms with Gasteiger partial charge in [0, 0.05) is 7.05 Å². The first-order valence-electron chi connectivity index (χ1n) is 8.17. The topological polar surface area (TPSA) is 88.6 Å². The fourth-order valence-corrected chi connectivity index (χ4v) is 2.86. The maximum atomic E-state index is 13.3. The summed E-state index contributed by atoms with van der Waals surface area (Å²) in [6.07, 6.45) is -4.72. The summed E-state index contributed by atoms with van der Waals surface area (Å²) in [6.45, 7) is 0.820. The first kappa shape index (κ1) is 19.5. The Bertz CT molecular complexity index is 1050. The fourth-order valence-electron chi connectivity index (χ4n) is 2.86. The predicted octanol–water partition coefficient (Wildman–Crippen LogP) is 3.31. The Morgan fingerprint density at radius 3 is 2.57 bits per heavy atom. The summed E-state index contributed by atoms with van der Waals surface area (Å²) < 4.78 is 46.1. The predicted molar refractivity (Wildman–Crippen MR) is 91.6 cm³/mol. The number of hydrogen-bond donors (Lipinski definition) is 1. The van der Waals surface area contributed by atoms with Gasteiger partial charge in [0.2, 0.25) is 11.7 Å². The average molecular weight is 395 g/mol. The zero-order valence-corrected chi connectivity index (χ0v) is 14.9. The number of rotatable bonds is 5. The monoisotopic (exact) mass is 395 g/mol. The molecule has 10 heteroatoms. The van der Waals surface area contributed by atoms with E-state index >= 15 is 0 Å². The first-order chi connectivity index (χ1) is 13.1. The van der Waals surface area contributed by atoms with Crippen molar-refractivity contribution in [3.63, 3.8) is 0 Å². The van der Waals surface area contributed by atoms with Gasteiger partial charge in [0.15, 0.2) is 0 Å². The quantitative estimate of drug-likeness (QED) is 0.716. The number of aromatic carboxylic acids is 1. The van der Waals surface area contributed by atoms with Crippen molar-refractivity contribution < 1.29 is 32.3 Å². The zero-order chi connectivity index (χ0) is 20.6. The van der Waals surface area contributed by atoms with Crippen molar-refractivity contribution in [3.05, 3.63) is 53.2 Å². The number of nitrogens with zero attached hydrogens (tertiary/aromatic N) is 3. The van der Waals surface area contributed by atoms with Crippen molar-refractivity contribution in [2.24, 2.45) is 0 Å². The van der Waals surface area contributed by atoms with Crippen LogP contribution in [-0.4, -0.2) is 38.5 Å². The summed E-state index contributed by atoms with van der Waals surface area (Å²) in [7, 11) is 1.40. The number of halogens is 3. The van der Waals surface area contributed by atoms with Crippen molar-refractivity contribution in [1.29, 1.82) is 0 Å².